The fourth-order valence-electron chi connectivity index (χ4n) is 6.78. The molecule has 0 aliphatic carbocycles. The average Bonchev–Trinajstić information content (AvgIpc) is 3.61. The molecule has 0 atom stereocenters. The monoisotopic (exact) mass is 523 g/mol. The number of nitrogens with zero attached hydrogens (tertiary/aromatic N) is 3. The third-order valence-electron chi connectivity index (χ3n) is 8.65. The number of fused-ring (bicyclic) bond motifs is 10. The van der Waals surface area contributed by atoms with Crippen LogP contribution in [-0.4, -0.2) is 14.1 Å². The van der Waals surface area contributed by atoms with Crippen LogP contribution in [0, 0.1) is 6.92 Å². The number of aromatic nitrogens is 3. The van der Waals surface area contributed by atoms with Crippen molar-refractivity contribution in [1.29, 1.82) is 0 Å². The zero-order valence-electron chi connectivity index (χ0n) is 22.5. The van der Waals surface area contributed by atoms with E-state index in [1.807, 2.05) is 0 Å². The van der Waals surface area contributed by atoms with Crippen molar-refractivity contribution in [3.05, 3.63) is 139 Å². The van der Waals surface area contributed by atoms with Gasteiger partial charge in [-0.2, -0.15) is 0 Å². The van der Waals surface area contributed by atoms with Crippen LogP contribution in [0.25, 0.3) is 76.7 Å². The van der Waals surface area contributed by atoms with Crippen LogP contribution < -0.4 is 0 Å². The molecule has 192 valence electrons. The number of hydrogen-bond acceptors (Lipinski definition) is 1. The largest absolute Gasteiger partial charge is 0.316 e. The highest BCUT2D eigenvalue weighted by atomic mass is 15.1. The lowest BCUT2D eigenvalue weighted by Crippen LogP contribution is -1.98. The molecule has 3 heterocycles. The van der Waals surface area contributed by atoms with E-state index in [4.69, 9.17) is 4.98 Å². The van der Waals surface area contributed by atoms with Crippen molar-refractivity contribution in [3.63, 3.8) is 0 Å². The number of pyridine rings is 1. The maximum atomic E-state index is 5.14. The molecule has 0 fully saturated rings. The molecule has 0 saturated heterocycles. The van der Waals surface area contributed by atoms with Gasteiger partial charge in [-0.05, 0) is 71.1 Å². The molecule has 0 unspecified atom stereocenters. The van der Waals surface area contributed by atoms with Gasteiger partial charge in [0.25, 0.3) is 0 Å². The Bertz CT molecular complexity index is 2490. The summed E-state index contributed by atoms with van der Waals surface area (Å²) in [6.45, 7) is 2.18. The molecule has 0 aliphatic rings. The maximum Gasteiger partial charge on any atom is 0.138 e. The SMILES string of the molecule is Cc1ccccc1-n1ccc2ccc3c(ccc4c3c3c5ccccc5ccc3n4-c3ccc4ccccc4n3)c21. The first-order valence-electron chi connectivity index (χ1n) is 14.1. The Morgan fingerprint density at radius 3 is 2.10 bits per heavy atom. The van der Waals surface area contributed by atoms with Gasteiger partial charge in [-0.15, -0.1) is 0 Å². The van der Waals surface area contributed by atoms with Crippen LogP contribution in [0.1, 0.15) is 5.56 Å². The summed E-state index contributed by atoms with van der Waals surface area (Å²) >= 11 is 0. The summed E-state index contributed by atoms with van der Waals surface area (Å²) in [6, 6.07) is 45.9. The molecule has 0 spiro atoms. The Morgan fingerprint density at radius 2 is 1.20 bits per heavy atom. The molecule has 9 aromatic rings. The molecule has 0 aliphatic heterocycles. The number of rotatable bonds is 2. The van der Waals surface area contributed by atoms with Crippen LogP contribution in [0.5, 0.6) is 0 Å². The van der Waals surface area contributed by atoms with Crippen LogP contribution in [0.4, 0.5) is 0 Å². The van der Waals surface area contributed by atoms with Crippen molar-refractivity contribution in [2.45, 2.75) is 6.92 Å². The fraction of sp³-hybridized carbons (Fsp3) is 0.0263. The van der Waals surface area contributed by atoms with Crippen molar-refractivity contribution in [1.82, 2.24) is 14.1 Å². The highest BCUT2D eigenvalue weighted by Gasteiger charge is 2.19. The van der Waals surface area contributed by atoms with E-state index >= 15 is 0 Å². The van der Waals surface area contributed by atoms with Gasteiger partial charge in [0.15, 0.2) is 0 Å². The molecule has 3 aromatic heterocycles. The van der Waals surface area contributed by atoms with Gasteiger partial charge in [0.2, 0.25) is 0 Å². The van der Waals surface area contributed by atoms with E-state index in [0.717, 1.165) is 16.7 Å². The number of benzene rings is 6. The maximum absolute atomic E-state index is 5.14. The van der Waals surface area contributed by atoms with E-state index in [1.165, 1.54) is 65.5 Å². The smallest absolute Gasteiger partial charge is 0.138 e. The number of para-hydroxylation sites is 2. The quantitative estimate of drug-likeness (QED) is 0.221. The van der Waals surface area contributed by atoms with Crippen LogP contribution in [0.15, 0.2) is 134 Å². The Kier molecular flexibility index (Phi) is 4.53. The summed E-state index contributed by atoms with van der Waals surface area (Å²) in [5, 5.41) is 9.93. The molecule has 0 amide bonds. The normalized spacial score (nSPS) is 12.0. The van der Waals surface area contributed by atoms with Crippen molar-refractivity contribution in [3.8, 4) is 11.5 Å². The predicted octanol–water partition coefficient (Wildman–Crippen LogP) is 9.89. The second-order valence-corrected chi connectivity index (χ2v) is 10.9. The van der Waals surface area contributed by atoms with E-state index in [2.05, 4.69) is 150 Å². The minimum atomic E-state index is 0.933. The number of aryl methyl sites for hydroxylation is 1. The molecule has 3 nitrogen and oxygen atoms in total. The molecule has 9 rings (SSSR count). The van der Waals surface area contributed by atoms with Crippen LogP contribution >= 0.6 is 0 Å². The predicted molar refractivity (Wildman–Crippen MR) is 173 cm³/mol. The summed E-state index contributed by atoms with van der Waals surface area (Å²) in [7, 11) is 0. The minimum absolute atomic E-state index is 0.933. The second kappa shape index (κ2) is 8.30. The molecule has 41 heavy (non-hydrogen) atoms. The first-order valence-corrected chi connectivity index (χ1v) is 14.1. The van der Waals surface area contributed by atoms with Crippen molar-refractivity contribution >= 4 is 65.2 Å². The Labute approximate surface area is 236 Å². The lowest BCUT2D eigenvalue weighted by molar-refractivity contribution is 1.10. The third kappa shape index (κ3) is 3.12. The zero-order valence-corrected chi connectivity index (χ0v) is 22.5. The lowest BCUT2D eigenvalue weighted by Gasteiger charge is -2.12. The Balaban J connectivity index is 1.47. The first-order chi connectivity index (χ1) is 20.3. The molecule has 0 bridgehead atoms. The lowest BCUT2D eigenvalue weighted by atomic mass is 9.98. The van der Waals surface area contributed by atoms with Crippen LogP contribution in [-0.2, 0) is 0 Å². The van der Waals surface area contributed by atoms with Gasteiger partial charge in [0.05, 0.1) is 22.1 Å². The van der Waals surface area contributed by atoms with E-state index in [9.17, 15) is 0 Å². The molecule has 0 radical (unpaired) electrons. The van der Waals surface area contributed by atoms with Gasteiger partial charge < -0.3 is 4.57 Å². The van der Waals surface area contributed by atoms with Gasteiger partial charge in [-0.25, -0.2) is 4.98 Å². The standard InChI is InChI=1S/C38H25N3/c1-24-8-2-7-13-32(24)40-23-22-27-14-17-29-30(38(27)40)18-20-34-37(29)36-28-11-5-3-9-25(28)15-19-33(36)41(34)35-21-16-26-10-4-6-12-31(26)39-35/h2-23H,1H3. The Morgan fingerprint density at radius 1 is 0.512 bits per heavy atom. The van der Waals surface area contributed by atoms with E-state index < -0.39 is 0 Å². The molecule has 0 N–H and O–H groups in total. The van der Waals surface area contributed by atoms with Gasteiger partial charge in [0.1, 0.15) is 5.82 Å². The van der Waals surface area contributed by atoms with Crippen molar-refractivity contribution < 1.29 is 0 Å². The van der Waals surface area contributed by atoms with Crippen LogP contribution in [0.3, 0.4) is 0 Å². The average molecular weight is 524 g/mol. The van der Waals surface area contributed by atoms with Crippen LogP contribution in [0.2, 0.25) is 0 Å². The number of hydrogen-bond donors (Lipinski definition) is 0. The summed E-state index contributed by atoms with van der Waals surface area (Å²) in [5.41, 5.74) is 7.04. The fourth-order valence-corrected chi connectivity index (χ4v) is 6.78. The highest BCUT2D eigenvalue weighted by molar-refractivity contribution is 6.30. The first kappa shape index (κ1) is 22.4. The van der Waals surface area contributed by atoms with E-state index in [1.54, 1.807) is 0 Å². The summed E-state index contributed by atoms with van der Waals surface area (Å²) in [4.78, 5) is 5.14. The van der Waals surface area contributed by atoms with Gasteiger partial charge >= 0.3 is 0 Å². The Hall–Kier alpha value is -5.41. The summed E-state index contributed by atoms with van der Waals surface area (Å²) in [6.07, 6.45) is 2.20. The second-order valence-electron chi connectivity index (χ2n) is 10.9. The molecular weight excluding hydrogens is 498 g/mol. The highest BCUT2D eigenvalue weighted by Crippen LogP contribution is 2.42. The molecular formula is C38H25N3. The van der Waals surface area contributed by atoms with Gasteiger partial charge in [-0.1, -0.05) is 84.9 Å². The van der Waals surface area contributed by atoms with E-state index in [-0.39, 0.29) is 0 Å². The van der Waals surface area contributed by atoms with Gasteiger partial charge in [-0.3, -0.25) is 4.57 Å². The molecule has 6 aromatic carbocycles. The van der Waals surface area contributed by atoms with Crippen molar-refractivity contribution in [2.75, 3.05) is 0 Å². The topological polar surface area (TPSA) is 22.8 Å². The van der Waals surface area contributed by atoms with Crippen molar-refractivity contribution in [2.24, 2.45) is 0 Å². The molecule has 0 saturated carbocycles. The summed E-state index contributed by atoms with van der Waals surface area (Å²) < 4.78 is 4.69. The zero-order chi connectivity index (χ0) is 27.1. The van der Waals surface area contributed by atoms with Gasteiger partial charge in [0, 0.05) is 38.8 Å². The van der Waals surface area contributed by atoms with E-state index in [0.29, 0.717) is 0 Å². The summed E-state index contributed by atoms with van der Waals surface area (Å²) in [5.74, 6) is 0.933. The third-order valence-corrected chi connectivity index (χ3v) is 8.65. The molecule has 3 heteroatoms. The minimum Gasteiger partial charge on any atom is -0.316 e.